The molecule has 2 aliphatic heterocycles. The number of benzene rings is 1. The second-order valence-corrected chi connectivity index (χ2v) is 19.9. The topological polar surface area (TPSA) is 408 Å². The van der Waals surface area contributed by atoms with Gasteiger partial charge in [-0.3, -0.25) is 52.7 Å². The van der Waals surface area contributed by atoms with E-state index in [1.165, 1.54) is 24.3 Å². The van der Waals surface area contributed by atoms with Crippen LogP contribution in [0.15, 0.2) is 24.3 Å². The van der Waals surface area contributed by atoms with Crippen molar-refractivity contribution >= 4 is 74.8 Å². The number of phenolic OH excluding ortho intramolecular Hbond substituents is 1. The highest BCUT2D eigenvalue weighted by Crippen LogP contribution is 2.22. The van der Waals surface area contributed by atoms with Gasteiger partial charge in [-0.05, 0) is 55.2 Å². The van der Waals surface area contributed by atoms with Crippen molar-refractivity contribution in [2.24, 2.45) is 29.0 Å². The van der Waals surface area contributed by atoms with E-state index < -0.39 is 173 Å². The van der Waals surface area contributed by atoms with Crippen LogP contribution < -0.4 is 54.4 Å². The molecule has 2 saturated heterocycles. The van der Waals surface area contributed by atoms with Crippen molar-refractivity contribution in [3.63, 3.8) is 0 Å². The molecule has 2 heterocycles. The molecule has 26 heteroatoms. The molecular weight excluding hydrogens is 927 g/mol. The summed E-state index contributed by atoms with van der Waals surface area (Å²) in [6.45, 7) is 6.28. The second-order valence-electron chi connectivity index (χ2n) is 17.6. The Balaban J connectivity index is 2.07. The molecule has 69 heavy (non-hydrogen) atoms. The molecule has 0 aromatic heterocycles. The molecule has 1 aromatic carbocycles. The number of sulfone groups is 1. The van der Waals surface area contributed by atoms with Gasteiger partial charge in [0.25, 0.3) is 0 Å². The number of nitrogens with one attached hydrogen (secondary N) is 7. The average molecular weight is 992 g/mol. The lowest BCUT2D eigenvalue weighted by Crippen LogP contribution is -2.65. The summed E-state index contributed by atoms with van der Waals surface area (Å²) in [7, 11) is -4.27. The molecule has 11 amide bonds. The fourth-order valence-electron chi connectivity index (χ4n) is 7.37. The first kappa shape index (κ1) is 56.5. The molecule has 1 aromatic rings. The number of primary amides is 3. The van der Waals surface area contributed by atoms with Crippen LogP contribution in [-0.4, -0.2) is 150 Å². The Morgan fingerprint density at radius 2 is 1.41 bits per heavy atom. The zero-order chi connectivity index (χ0) is 51.7. The number of phenols is 1. The molecule has 2 aliphatic rings. The zero-order valence-electron chi connectivity index (χ0n) is 39.0. The maximum atomic E-state index is 14.3. The highest BCUT2D eigenvalue weighted by molar-refractivity contribution is 7.91. The molecule has 0 aliphatic carbocycles. The van der Waals surface area contributed by atoms with Gasteiger partial charge in [0.15, 0.2) is 9.84 Å². The monoisotopic (exact) mass is 991 g/mol. The molecule has 2 fully saturated rings. The quantitative estimate of drug-likeness (QED) is 0.0701. The maximum absolute atomic E-state index is 14.3. The number of carbonyl (C=O) groups is 11. The highest BCUT2D eigenvalue weighted by atomic mass is 32.2. The van der Waals surface area contributed by atoms with Gasteiger partial charge in [0.2, 0.25) is 65.0 Å². The van der Waals surface area contributed by atoms with Gasteiger partial charge in [-0.25, -0.2) is 8.42 Å². The summed E-state index contributed by atoms with van der Waals surface area (Å²) in [6.07, 6.45) is -2.86. The Morgan fingerprint density at radius 3 is 1.97 bits per heavy atom. The summed E-state index contributed by atoms with van der Waals surface area (Å²) in [4.78, 5) is 147. The highest BCUT2D eigenvalue weighted by Gasteiger charge is 2.43. The van der Waals surface area contributed by atoms with E-state index in [4.69, 9.17) is 17.2 Å². The molecule has 25 nitrogen and oxygen atoms in total. The minimum Gasteiger partial charge on any atom is -0.508 e. The van der Waals surface area contributed by atoms with Crippen LogP contribution in [0.2, 0.25) is 0 Å². The van der Waals surface area contributed by atoms with E-state index in [9.17, 15) is 66.3 Å². The van der Waals surface area contributed by atoms with Crippen LogP contribution in [0, 0.1) is 11.8 Å². The summed E-state index contributed by atoms with van der Waals surface area (Å²) in [5.74, 6) is -12.9. The number of carbonyl (C=O) groups excluding carboxylic acids is 11. The van der Waals surface area contributed by atoms with Gasteiger partial charge >= 0.3 is 0 Å². The molecule has 382 valence electrons. The van der Waals surface area contributed by atoms with Crippen molar-refractivity contribution in [2.45, 2.75) is 128 Å². The third kappa shape index (κ3) is 18.3. The second kappa shape index (κ2) is 26.0. The zero-order valence-corrected chi connectivity index (χ0v) is 39.9. The van der Waals surface area contributed by atoms with Gasteiger partial charge < -0.3 is 64.4 Å². The van der Waals surface area contributed by atoms with Crippen molar-refractivity contribution in [1.82, 2.24) is 42.1 Å². The van der Waals surface area contributed by atoms with Crippen molar-refractivity contribution in [3.8, 4) is 5.75 Å². The minimum absolute atomic E-state index is 0.0713. The number of hydrogen-bond acceptors (Lipinski definition) is 14. The molecule has 0 bridgehead atoms. The number of nitrogens with zero attached hydrogens (tertiary/aromatic N) is 1. The van der Waals surface area contributed by atoms with Crippen LogP contribution >= 0.6 is 0 Å². The number of hydrogen-bond donors (Lipinski definition) is 11. The van der Waals surface area contributed by atoms with Crippen LogP contribution in [0.4, 0.5) is 0 Å². The molecule has 0 unspecified atom stereocenters. The first-order valence-corrected chi connectivity index (χ1v) is 24.3. The van der Waals surface area contributed by atoms with E-state index in [2.05, 4.69) is 37.2 Å². The van der Waals surface area contributed by atoms with E-state index in [1.54, 1.807) is 27.7 Å². The lowest BCUT2D eigenvalue weighted by Gasteiger charge is -2.42. The lowest BCUT2D eigenvalue weighted by atomic mass is 9.96. The van der Waals surface area contributed by atoms with Gasteiger partial charge in [-0.2, -0.15) is 0 Å². The fraction of sp³-hybridized carbons (Fsp3) is 0.605. The van der Waals surface area contributed by atoms with Gasteiger partial charge in [0.1, 0.15) is 48.0 Å². The SMILES string of the molecule is CC[C@H](C)[C@@H]1NC(=O)[C@@H](Cc2ccc(O)cc2)NC(=O)CCS(=O)(=O)CC[C@@H](C(=O)N2CC[C@H]2C(=O)N[C@@H](CC(C)C)C(=O)NCC(N)=O)NC(=O)[C@H](CC(N)=O)NC(=O)[C@H](CCC(N)=O)NC1=O. The van der Waals surface area contributed by atoms with Crippen molar-refractivity contribution in [2.75, 3.05) is 24.6 Å². The van der Waals surface area contributed by atoms with Gasteiger partial charge in [0, 0.05) is 25.8 Å². The van der Waals surface area contributed by atoms with Crippen LogP contribution in [0.1, 0.15) is 84.6 Å². The van der Waals surface area contributed by atoms with Gasteiger partial charge in [-0.15, -0.1) is 0 Å². The predicted molar refractivity (Wildman–Crippen MR) is 245 cm³/mol. The van der Waals surface area contributed by atoms with Crippen LogP contribution in [0.5, 0.6) is 5.75 Å². The van der Waals surface area contributed by atoms with Crippen LogP contribution in [-0.2, 0) is 69.0 Å². The smallest absolute Gasteiger partial charge is 0.245 e. The normalized spacial score (nSPS) is 23.8. The first-order chi connectivity index (χ1) is 32.3. The Morgan fingerprint density at radius 1 is 0.783 bits per heavy atom. The Hall–Kier alpha value is -6.86. The van der Waals surface area contributed by atoms with E-state index in [0.29, 0.717) is 12.0 Å². The van der Waals surface area contributed by atoms with Crippen LogP contribution in [0.3, 0.4) is 0 Å². The Kier molecular flexibility index (Phi) is 21.3. The van der Waals surface area contributed by atoms with E-state index in [0.717, 1.165) is 4.90 Å². The number of amides is 11. The van der Waals surface area contributed by atoms with Crippen LogP contribution in [0.25, 0.3) is 0 Å². The molecule has 0 radical (unpaired) electrons. The summed E-state index contributed by atoms with van der Waals surface area (Å²) >= 11 is 0. The molecular formula is C43H65N11O14S. The van der Waals surface area contributed by atoms with Gasteiger partial charge in [0.05, 0.1) is 24.5 Å². The number of rotatable bonds is 17. The fourth-order valence-corrected chi connectivity index (χ4v) is 8.66. The third-order valence-electron chi connectivity index (χ3n) is 11.5. The summed E-state index contributed by atoms with van der Waals surface area (Å²) in [5, 5.41) is 27.0. The van der Waals surface area contributed by atoms with Crippen molar-refractivity contribution in [3.05, 3.63) is 29.8 Å². The predicted octanol–water partition coefficient (Wildman–Crippen LogP) is -4.51. The molecule has 14 N–H and O–H groups in total. The largest absolute Gasteiger partial charge is 0.508 e. The minimum atomic E-state index is -4.27. The van der Waals surface area contributed by atoms with Crippen molar-refractivity contribution in [1.29, 1.82) is 0 Å². The number of likely N-dealkylation sites (tertiary alicyclic amines) is 1. The maximum Gasteiger partial charge on any atom is 0.245 e. The Labute approximate surface area is 399 Å². The molecule has 0 saturated carbocycles. The average Bonchev–Trinajstić information content (AvgIpc) is 3.25. The third-order valence-corrected chi connectivity index (χ3v) is 13.2. The standard InChI is InChI=1S/C43H65N11O14S/c1-5-23(4)36-42(65)49-26(10-11-32(44)56)38(61)51-30(20-33(45)57)39(62)50-27(43(66)54-15-12-31(54)41(64)52-28(18-22(2)3)37(60)47-21-34(46)58)13-16-69(67,68)17-14-35(59)48-29(40(63)53-36)19-24-6-8-25(55)9-7-24/h6-9,22-23,26-31,36,55H,5,10-21H2,1-4H3,(H2,44,56)(H2,45,57)(H2,46,58)(H,47,60)(H,48,59)(H,49,65)(H,50,62)(H,51,61)(H,52,64)(H,53,63)/t23-,26-,27-,28-,29+,30-,31-,36-/m0/s1. The molecule has 3 rings (SSSR count). The van der Waals surface area contributed by atoms with E-state index in [-0.39, 0.29) is 37.5 Å². The summed E-state index contributed by atoms with van der Waals surface area (Å²) in [5.41, 5.74) is 16.4. The lowest BCUT2D eigenvalue weighted by molar-refractivity contribution is -0.150. The molecule has 0 spiro atoms. The van der Waals surface area contributed by atoms with E-state index >= 15 is 0 Å². The molecule has 8 atom stereocenters. The number of aromatic hydroxyl groups is 1. The Bertz CT molecular complexity index is 2210. The first-order valence-electron chi connectivity index (χ1n) is 22.5. The van der Waals surface area contributed by atoms with Crippen molar-refractivity contribution < 1.29 is 66.3 Å². The van der Waals surface area contributed by atoms with E-state index in [1.807, 2.05) is 0 Å². The summed E-state index contributed by atoms with van der Waals surface area (Å²) in [6, 6.07) is -4.84. The summed E-state index contributed by atoms with van der Waals surface area (Å²) < 4.78 is 27.1. The van der Waals surface area contributed by atoms with Gasteiger partial charge in [-0.1, -0.05) is 46.2 Å². The number of nitrogens with two attached hydrogens (primary N) is 3.